The zero-order valence-corrected chi connectivity index (χ0v) is 8.58. The van der Waals surface area contributed by atoms with Gasteiger partial charge in [-0.25, -0.2) is 4.79 Å². The molecule has 1 heterocycles. The number of nitrogens with two attached hydrogens (primary N) is 1. The van der Waals surface area contributed by atoms with Crippen LogP contribution in [0.4, 0.5) is 4.79 Å². The molecule has 0 atom stereocenters. The number of carbonyl (C=O) groups is 1. The Morgan fingerprint density at radius 2 is 2.53 bits per heavy atom. The van der Waals surface area contributed by atoms with Gasteiger partial charge in [-0.05, 0) is 19.1 Å². The van der Waals surface area contributed by atoms with Crippen LogP contribution in [0.15, 0.2) is 41.2 Å². The molecule has 5 nitrogen and oxygen atoms in total. The van der Waals surface area contributed by atoms with E-state index in [4.69, 9.17) is 5.73 Å². The predicted octanol–water partition coefficient (Wildman–Crippen LogP) is 0.630. The van der Waals surface area contributed by atoms with Gasteiger partial charge in [-0.2, -0.15) is 0 Å². The topological polar surface area (TPSA) is 79.5 Å². The van der Waals surface area contributed by atoms with Crippen molar-refractivity contribution in [1.82, 2.24) is 10.6 Å². The first-order valence-electron chi connectivity index (χ1n) is 4.49. The summed E-state index contributed by atoms with van der Waals surface area (Å²) in [5.74, 6) is 0. The molecule has 0 radical (unpaired) electrons. The summed E-state index contributed by atoms with van der Waals surface area (Å²) in [4.78, 5) is 14.6. The van der Waals surface area contributed by atoms with Crippen LogP contribution in [-0.2, 0) is 0 Å². The van der Waals surface area contributed by atoms with Gasteiger partial charge < -0.3 is 16.4 Å². The van der Waals surface area contributed by atoms with E-state index in [2.05, 4.69) is 22.2 Å². The second kappa shape index (κ2) is 4.99. The fourth-order valence-electron chi connectivity index (χ4n) is 1.17. The number of primary amides is 1. The van der Waals surface area contributed by atoms with Gasteiger partial charge in [0.15, 0.2) is 0 Å². The van der Waals surface area contributed by atoms with Gasteiger partial charge in [0.25, 0.3) is 0 Å². The maximum atomic E-state index is 10.4. The third-order valence-electron chi connectivity index (χ3n) is 1.75. The Balaban J connectivity index is 2.69. The number of carbonyl (C=O) groups excluding carboxylic acids is 1. The highest BCUT2D eigenvalue weighted by Gasteiger charge is 2.11. The first-order chi connectivity index (χ1) is 7.13. The molecule has 0 unspecified atom stereocenters. The average molecular weight is 206 g/mol. The molecule has 0 aromatic rings. The predicted molar refractivity (Wildman–Crippen MR) is 60.2 cm³/mol. The highest BCUT2D eigenvalue weighted by molar-refractivity contribution is 6.11. The lowest BCUT2D eigenvalue weighted by molar-refractivity contribution is 0.249. The van der Waals surface area contributed by atoms with E-state index in [9.17, 15) is 4.79 Å². The van der Waals surface area contributed by atoms with E-state index in [-0.39, 0.29) is 6.67 Å². The van der Waals surface area contributed by atoms with E-state index in [1.165, 1.54) is 0 Å². The Bertz CT molecular complexity index is 366. The van der Waals surface area contributed by atoms with Gasteiger partial charge in [0.05, 0.1) is 11.4 Å². The second-order valence-corrected chi connectivity index (χ2v) is 3.01. The monoisotopic (exact) mass is 206 g/mol. The van der Waals surface area contributed by atoms with Crippen LogP contribution in [0, 0.1) is 0 Å². The zero-order valence-electron chi connectivity index (χ0n) is 8.58. The molecule has 0 saturated carbocycles. The van der Waals surface area contributed by atoms with Gasteiger partial charge in [-0.3, -0.25) is 4.99 Å². The van der Waals surface area contributed by atoms with Crippen molar-refractivity contribution >= 4 is 11.7 Å². The lowest BCUT2D eigenvalue weighted by Gasteiger charge is -2.01. The summed E-state index contributed by atoms with van der Waals surface area (Å²) in [6, 6.07) is -0.583. The van der Waals surface area contributed by atoms with E-state index in [1.54, 1.807) is 6.08 Å². The third-order valence-corrected chi connectivity index (χ3v) is 1.75. The molecule has 2 amide bonds. The summed E-state index contributed by atoms with van der Waals surface area (Å²) >= 11 is 0. The molecule has 0 aromatic carbocycles. The number of nitrogens with one attached hydrogen (secondary N) is 2. The number of hydrogen-bond acceptors (Lipinski definition) is 3. The molecule has 0 spiro atoms. The molecule has 1 aliphatic rings. The van der Waals surface area contributed by atoms with Crippen molar-refractivity contribution in [2.24, 2.45) is 10.7 Å². The summed E-state index contributed by atoms with van der Waals surface area (Å²) in [5, 5.41) is 5.51. The first-order valence-corrected chi connectivity index (χ1v) is 4.49. The van der Waals surface area contributed by atoms with Crippen LogP contribution in [-0.4, -0.2) is 18.4 Å². The number of nitrogens with zero attached hydrogens (tertiary/aromatic N) is 1. The molecule has 0 bridgehead atoms. The van der Waals surface area contributed by atoms with Crippen molar-refractivity contribution in [3.05, 3.63) is 36.2 Å². The zero-order chi connectivity index (χ0) is 11.3. The van der Waals surface area contributed by atoms with Gasteiger partial charge in [0.1, 0.15) is 6.67 Å². The molecule has 1 aliphatic heterocycles. The molecule has 0 aliphatic carbocycles. The maximum absolute atomic E-state index is 10.4. The van der Waals surface area contributed by atoms with Gasteiger partial charge >= 0.3 is 6.03 Å². The molecule has 0 fully saturated rings. The average Bonchev–Trinajstić information content (AvgIpc) is 2.47. The maximum Gasteiger partial charge on any atom is 0.313 e. The number of allylic oxidation sites excluding steroid dienone is 4. The molecule has 0 saturated heterocycles. The Kier molecular flexibility index (Phi) is 3.68. The van der Waals surface area contributed by atoms with E-state index < -0.39 is 6.03 Å². The van der Waals surface area contributed by atoms with Crippen molar-refractivity contribution in [1.29, 1.82) is 0 Å². The molecular formula is C10H14N4O. The van der Waals surface area contributed by atoms with Crippen LogP contribution in [0.2, 0.25) is 0 Å². The Hall–Kier alpha value is -2.04. The smallest absolute Gasteiger partial charge is 0.313 e. The minimum atomic E-state index is -0.583. The van der Waals surface area contributed by atoms with Crippen LogP contribution in [0.1, 0.15) is 6.92 Å². The van der Waals surface area contributed by atoms with Crippen LogP contribution >= 0.6 is 0 Å². The largest absolute Gasteiger partial charge is 0.357 e. The molecule has 80 valence electrons. The highest BCUT2D eigenvalue weighted by atomic mass is 16.2. The number of aliphatic imine (C=N–C) groups is 1. The Morgan fingerprint density at radius 1 is 1.80 bits per heavy atom. The fourth-order valence-corrected chi connectivity index (χ4v) is 1.17. The fraction of sp³-hybridized carbons (Fsp3) is 0.200. The number of rotatable bonds is 3. The number of amides is 2. The Morgan fingerprint density at radius 3 is 3.13 bits per heavy atom. The second-order valence-electron chi connectivity index (χ2n) is 3.01. The Labute approximate surface area is 88.4 Å². The lowest BCUT2D eigenvalue weighted by Crippen LogP contribution is -2.29. The van der Waals surface area contributed by atoms with Crippen molar-refractivity contribution in [2.75, 3.05) is 6.67 Å². The van der Waals surface area contributed by atoms with Crippen LogP contribution < -0.4 is 16.4 Å². The standard InChI is InChI=1S/C10H14N4O/c1-3-4-8-9(5-7(2)14-8)12-6-13-10(11)15/h3-5,14H,1,6H2,2H3,(H3,11,13,15)/b8-4+,12-9-. The van der Waals surface area contributed by atoms with Gasteiger partial charge in [-0.1, -0.05) is 12.7 Å². The molecule has 4 N–H and O–H groups in total. The normalized spacial score (nSPS) is 19.9. The summed E-state index contributed by atoms with van der Waals surface area (Å²) in [5.41, 5.74) is 7.57. The SMILES string of the molecule is C=C/C=C1/NC(C)=C/C1=N/CNC(N)=O. The molecular weight excluding hydrogens is 192 g/mol. The van der Waals surface area contributed by atoms with E-state index >= 15 is 0 Å². The first kappa shape index (κ1) is 11.0. The van der Waals surface area contributed by atoms with E-state index in [1.807, 2.05) is 19.1 Å². The van der Waals surface area contributed by atoms with Crippen molar-refractivity contribution in [3.63, 3.8) is 0 Å². The minimum Gasteiger partial charge on any atom is -0.357 e. The quantitative estimate of drug-likeness (QED) is 0.633. The summed E-state index contributed by atoms with van der Waals surface area (Å²) in [6.45, 7) is 5.71. The van der Waals surface area contributed by atoms with Crippen molar-refractivity contribution in [2.45, 2.75) is 6.92 Å². The number of urea groups is 1. The number of hydrogen-bond donors (Lipinski definition) is 3. The summed E-state index contributed by atoms with van der Waals surface area (Å²) in [7, 11) is 0. The van der Waals surface area contributed by atoms with Crippen LogP contribution in [0.25, 0.3) is 0 Å². The summed E-state index contributed by atoms with van der Waals surface area (Å²) < 4.78 is 0. The van der Waals surface area contributed by atoms with E-state index in [0.717, 1.165) is 17.1 Å². The van der Waals surface area contributed by atoms with Crippen LogP contribution in [0.3, 0.4) is 0 Å². The van der Waals surface area contributed by atoms with Crippen molar-refractivity contribution < 1.29 is 4.79 Å². The van der Waals surface area contributed by atoms with Crippen molar-refractivity contribution in [3.8, 4) is 0 Å². The highest BCUT2D eigenvalue weighted by Crippen LogP contribution is 2.09. The van der Waals surface area contributed by atoms with Gasteiger partial charge in [-0.15, -0.1) is 0 Å². The lowest BCUT2D eigenvalue weighted by atomic mass is 10.3. The third kappa shape index (κ3) is 3.30. The van der Waals surface area contributed by atoms with Gasteiger partial charge in [0, 0.05) is 5.70 Å². The molecule has 0 aromatic heterocycles. The molecule has 5 heteroatoms. The summed E-state index contributed by atoms with van der Waals surface area (Å²) in [6.07, 6.45) is 5.37. The minimum absolute atomic E-state index is 0.171. The van der Waals surface area contributed by atoms with E-state index in [0.29, 0.717) is 0 Å². The molecule has 15 heavy (non-hydrogen) atoms. The molecule has 1 rings (SSSR count). The van der Waals surface area contributed by atoms with Crippen LogP contribution in [0.5, 0.6) is 0 Å². The van der Waals surface area contributed by atoms with Gasteiger partial charge in [0.2, 0.25) is 0 Å².